The van der Waals surface area contributed by atoms with Crippen molar-refractivity contribution in [2.24, 2.45) is 0 Å². The predicted octanol–water partition coefficient (Wildman–Crippen LogP) is 2.48. The monoisotopic (exact) mass is 337 g/mol. The van der Waals surface area contributed by atoms with Gasteiger partial charge in [-0.05, 0) is 23.6 Å². The van der Waals surface area contributed by atoms with Crippen LogP contribution in [0.3, 0.4) is 0 Å². The summed E-state index contributed by atoms with van der Waals surface area (Å²) in [7, 11) is 0. The molecular weight excluding hydrogens is 328 g/mol. The molecule has 1 aromatic carbocycles. The van der Waals surface area contributed by atoms with Crippen LogP contribution in [0.1, 0.15) is 0 Å². The van der Waals surface area contributed by atoms with Gasteiger partial charge in [0.25, 0.3) is 5.89 Å². The fourth-order valence-corrected chi connectivity index (χ4v) is 2.47. The molecule has 0 unspecified atom stereocenters. The predicted molar refractivity (Wildman–Crippen MR) is 79.1 cm³/mol. The van der Waals surface area contributed by atoms with Crippen LogP contribution in [0.25, 0.3) is 10.8 Å². The first-order chi connectivity index (χ1) is 11.0. The molecule has 0 radical (unpaired) electrons. The Hall–Kier alpha value is -2.81. The maximum Gasteiger partial charge on any atom is 0.437 e. The molecule has 0 aliphatic rings. The molecule has 0 atom stereocenters. The number of aromatic nitrogens is 2. The Morgan fingerprint density at radius 3 is 2.87 bits per heavy atom. The number of hydrogen-bond donors (Lipinski definition) is 1. The van der Waals surface area contributed by atoms with Crippen LogP contribution in [-0.4, -0.2) is 15.7 Å². The van der Waals surface area contributed by atoms with E-state index in [1.54, 1.807) is 17.5 Å². The second-order valence-electron chi connectivity index (χ2n) is 4.48. The average molecular weight is 337 g/mol. The summed E-state index contributed by atoms with van der Waals surface area (Å²) >= 11 is 1.33. The zero-order valence-corrected chi connectivity index (χ0v) is 12.3. The molecule has 6 nitrogen and oxygen atoms in total. The molecule has 23 heavy (non-hydrogen) atoms. The van der Waals surface area contributed by atoms with Gasteiger partial charge in [-0.25, -0.2) is 13.6 Å². The van der Waals surface area contributed by atoms with Gasteiger partial charge in [0, 0.05) is 6.07 Å². The van der Waals surface area contributed by atoms with Crippen molar-refractivity contribution in [3.05, 3.63) is 57.9 Å². The third-order valence-electron chi connectivity index (χ3n) is 2.84. The quantitative estimate of drug-likeness (QED) is 0.793. The summed E-state index contributed by atoms with van der Waals surface area (Å²) in [5.41, 5.74) is -0.188. The lowest BCUT2D eigenvalue weighted by molar-refractivity contribution is -0.117. The molecule has 9 heteroatoms. The van der Waals surface area contributed by atoms with Crippen molar-refractivity contribution >= 4 is 22.9 Å². The molecule has 1 amide bonds. The van der Waals surface area contributed by atoms with Crippen molar-refractivity contribution in [2.45, 2.75) is 6.54 Å². The molecular formula is C14H9F2N3O3S. The van der Waals surface area contributed by atoms with Crippen LogP contribution in [0.2, 0.25) is 0 Å². The molecule has 3 rings (SSSR count). The highest BCUT2D eigenvalue weighted by molar-refractivity contribution is 7.13. The van der Waals surface area contributed by atoms with Gasteiger partial charge in [0.15, 0.2) is 0 Å². The lowest BCUT2D eigenvalue weighted by Gasteiger charge is -2.05. The van der Waals surface area contributed by atoms with Gasteiger partial charge in [-0.2, -0.15) is 4.68 Å². The van der Waals surface area contributed by atoms with Crippen LogP contribution in [0.5, 0.6) is 0 Å². The first-order valence-corrected chi connectivity index (χ1v) is 7.27. The number of carbonyl (C=O) groups excluding carboxylic acids is 1. The smallest absolute Gasteiger partial charge is 0.387 e. The minimum atomic E-state index is -0.912. The van der Waals surface area contributed by atoms with Crippen molar-refractivity contribution in [3.8, 4) is 10.8 Å². The number of hydrogen-bond acceptors (Lipinski definition) is 5. The van der Waals surface area contributed by atoms with Crippen LogP contribution in [0.4, 0.5) is 14.5 Å². The normalized spacial score (nSPS) is 10.7. The van der Waals surface area contributed by atoms with E-state index in [2.05, 4.69) is 10.4 Å². The van der Waals surface area contributed by atoms with Gasteiger partial charge in [0.2, 0.25) is 5.91 Å². The Morgan fingerprint density at radius 1 is 1.35 bits per heavy atom. The highest BCUT2D eigenvalue weighted by Gasteiger charge is 2.15. The van der Waals surface area contributed by atoms with E-state index < -0.39 is 29.8 Å². The van der Waals surface area contributed by atoms with Gasteiger partial charge in [-0.1, -0.05) is 6.07 Å². The van der Waals surface area contributed by atoms with Gasteiger partial charge in [-0.3, -0.25) is 4.79 Å². The maximum atomic E-state index is 13.5. The number of thiophene rings is 1. The van der Waals surface area contributed by atoms with Crippen molar-refractivity contribution in [2.75, 3.05) is 5.32 Å². The van der Waals surface area contributed by atoms with Crippen LogP contribution in [0.15, 0.2) is 44.9 Å². The lowest BCUT2D eigenvalue weighted by atomic mass is 10.3. The molecule has 0 spiro atoms. The number of carbonyl (C=O) groups is 1. The number of halogens is 2. The number of nitrogens with zero attached hydrogens (tertiary/aromatic N) is 2. The molecule has 0 bridgehead atoms. The largest absolute Gasteiger partial charge is 0.437 e. The van der Waals surface area contributed by atoms with Crippen LogP contribution < -0.4 is 11.1 Å². The molecule has 0 aliphatic carbocycles. The Kier molecular flexibility index (Phi) is 4.02. The van der Waals surface area contributed by atoms with Gasteiger partial charge >= 0.3 is 5.76 Å². The van der Waals surface area contributed by atoms with Crippen molar-refractivity contribution in [1.82, 2.24) is 9.78 Å². The van der Waals surface area contributed by atoms with E-state index in [1.165, 1.54) is 11.3 Å². The van der Waals surface area contributed by atoms with Crippen LogP contribution >= 0.6 is 11.3 Å². The molecule has 118 valence electrons. The number of benzene rings is 1. The van der Waals surface area contributed by atoms with E-state index in [1.807, 2.05) is 0 Å². The Bertz CT molecular complexity index is 902. The van der Waals surface area contributed by atoms with Gasteiger partial charge in [0.1, 0.15) is 18.2 Å². The van der Waals surface area contributed by atoms with Crippen LogP contribution in [-0.2, 0) is 11.3 Å². The van der Waals surface area contributed by atoms with E-state index in [9.17, 15) is 18.4 Å². The van der Waals surface area contributed by atoms with Gasteiger partial charge < -0.3 is 9.73 Å². The minimum absolute atomic E-state index is 0.103. The molecule has 0 saturated carbocycles. The van der Waals surface area contributed by atoms with E-state index in [4.69, 9.17) is 4.42 Å². The zero-order valence-electron chi connectivity index (χ0n) is 11.5. The third kappa shape index (κ3) is 3.34. The Morgan fingerprint density at radius 2 is 2.17 bits per heavy atom. The first kappa shape index (κ1) is 15.1. The molecule has 0 aliphatic heterocycles. The number of rotatable bonds is 4. The number of anilines is 1. The first-order valence-electron chi connectivity index (χ1n) is 6.39. The summed E-state index contributed by atoms with van der Waals surface area (Å²) in [6.07, 6.45) is 0. The molecule has 3 aromatic rings. The highest BCUT2D eigenvalue weighted by atomic mass is 32.1. The summed E-state index contributed by atoms with van der Waals surface area (Å²) in [5, 5.41) is 7.93. The highest BCUT2D eigenvalue weighted by Crippen LogP contribution is 2.21. The third-order valence-corrected chi connectivity index (χ3v) is 3.69. The molecule has 0 fully saturated rings. The minimum Gasteiger partial charge on any atom is -0.387 e. The number of nitrogens with one attached hydrogen (secondary N) is 1. The zero-order chi connectivity index (χ0) is 16.4. The maximum absolute atomic E-state index is 13.5. The van der Waals surface area contributed by atoms with Gasteiger partial charge in [0.05, 0.1) is 10.6 Å². The molecule has 1 N–H and O–H groups in total. The standard InChI is InChI=1S/C14H9F2N3O3S/c15-8-3-4-10(9(16)6-8)17-12(20)7-19-14(21)22-13(18-19)11-2-1-5-23-11/h1-6H,7H2,(H,17,20). The lowest BCUT2D eigenvalue weighted by Crippen LogP contribution is -2.26. The topological polar surface area (TPSA) is 77.1 Å². The van der Waals surface area contributed by atoms with E-state index in [-0.39, 0.29) is 11.6 Å². The number of amides is 1. The van der Waals surface area contributed by atoms with Crippen molar-refractivity contribution in [3.63, 3.8) is 0 Å². The van der Waals surface area contributed by atoms with Crippen molar-refractivity contribution < 1.29 is 18.0 Å². The SMILES string of the molecule is O=C(Cn1nc(-c2cccs2)oc1=O)Nc1ccc(F)cc1F. The summed E-state index contributed by atoms with van der Waals surface area (Å²) in [4.78, 5) is 24.2. The van der Waals surface area contributed by atoms with Crippen molar-refractivity contribution in [1.29, 1.82) is 0 Å². The van der Waals surface area contributed by atoms with E-state index in [0.29, 0.717) is 10.9 Å². The Balaban J connectivity index is 1.74. The molecule has 2 aromatic heterocycles. The fraction of sp³-hybridized carbons (Fsp3) is 0.0714. The second kappa shape index (κ2) is 6.13. The summed E-state index contributed by atoms with van der Waals surface area (Å²) in [5.74, 6) is -3.06. The van der Waals surface area contributed by atoms with Crippen LogP contribution in [0, 0.1) is 11.6 Å². The average Bonchev–Trinajstić information content (AvgIpc) is 3.13. The summed E-state index contributed by atoms with van der Waals surface area (Å²) in [6.45, 7) is -0.454. The summed E-state index contributed by atoms with van der Waals surface area (Å²) in [6, 6.07) is 6.23. The summed E-state index contributed by atoms with van der Waals surface area (Å²) < 4.78 is 32.0. The van der Waals surface area contributed by atoms with E-state index in [0.717, 1.165) is 16.8 Å². The second-order valence-corrected chi connectivity index (χ2v) is 5.43. The fourth-order valence-electron chi connectivity index (χ4n) is 1.82. The Labute approximate surface area is 132 Å². The molecule has 2 heterocycles. The van der Waals surface area contributed by atoms with Gasteiger partial charge in [-0.15, -0.1) is 16.4 Å². The van der Waals surface area contributed by atoms with E-state index >= 15 is 0 Å². The molecule has 0 saturated heterocycles.